The zero-order valence-corrected chi connectivity index (χ0v) is 14.5. The number of halogens is 1. The summed E-state index contributed by atoms with van der Waals surface area (Å²) in [4.78, 5) is 12.3. The molecule has 1 heterocycles. The molecule has 1 N–H and O–H groups in total. The van der Waals surface area contributed by atoms with Crippen LogP contribution < -0.4 is 14.2 Å². The van der Waals surface area contributed by atoms with E-state index in [1.807, 2.05) is 0 Å². The molecule has 2 aromatic carbocycles. The van der Waals surface area contributed by atoms with Crippen LogP contribution in [0.1, 0.15) is 15.9 Å². The van der Waals surface area contributed by atoms with Crippen molar-refractivity contribution in [3.8, 4) is 23.0 Å². The fourth-order valence-corrected chi connectivity index (χ4v) is 2.77. The Balaban J connectivity index is 1.82. The Labute approximate surface area is 147 Å². The Kier molecular flexibility index (Phi) is 4.76. The number of carbonyl (C=O) groups is 1. The van der Waals surface area contributed by atoms with Crippen molar-refractivity contribution in [1.82, 2.24) is 0 Å². The molecule has 1 aliphatic rings. The third-order valence-electron chi connectivity index (χ3n) is 3.52. The second kappa shape index (κ2) is 6.97. The van der Waals surface area contributed by atoms with Gasteiger partial charge < -0.3 is 19.3 Å². The molecular formula is C18H15BrO5. The summed E-state index contributed by atoms with van der Waals surface area (Å²) in [6.07, 6.45) is 3.12. The lowest BCUT2D eigenvalue weighted by molar-refractivity contribution is 0.104. The quantitative estimate of drug-likeness (QED) is 0.634. The normalized spacial score (nSPS) is 13.1. The molecule has 0 aromatic heterocycles. The van der Waals surface area contributed by atoms with E-state index >= 15 is 0 Å². The number of carbonyl (C=O) groups excluding carboxylic acids is 1. The minimum Gasteiger partial charge on any atom is -0.503 e. The number of phenolic OH excluding ortho intramolecular Hbond substituents is 1. The highest BCUT2D eigenvalue weighted by molar-refractivity contribution is 9.10. The maximum Gasteiger partial charge on any atom is 0.185 e. The number of hydrogen-bond donors (Lipinski definition) is 1. The van der Waals surface area contributed by atoms with Gasteiger partial charge in [-0.05, 0) is 57.9 Å². The molecule has 24 heavy (non-hydrogen) atoms. The molecule has 0 bridgehead atoms. The Morgan fingerprint density at radius 3 is 2.71 bits per heavy atom. The van der Waals surface area contributed by atoms with Crippen molar-refractivity contribution in [2.24, 2.45) is 0 Å². The lowest BCUT2D eigenvalue weighted by atomic mass is 10.1. The van der Waals surface area contributed by atoms with Crippen LogP contribution in [0.4, 0.5) is 0 Å². The average molecular weight is 391 g/mol. The Bertz CT molecular complexity index is 813. The van der Waals surface area contributed by atoms with E-state index in [0.717, 1.165) is 5.56 Å². The van der Waals surface area contributed by atoms with Crippen molar-refractivity contribution < 1.29 is 24.1 Å². The van der Waals surface area contributed by atoms with Crippen LogP contribution >= 0.6 is 15.9 Å². The molecule has 0 radical (unpaired) electrons. The molecule has 5 nitrogen and oxygen atoms in total. The first-order valence-corrected chi connectivity index (χ1v) is 8.06. The zero-order valence-electron chi connectivity index (χ0n) is 12.9. The second-order valence-corrected chi connectivity index (χ2v) is 5.96. The van der Waals surface area contributed by atoms with Crippen molar-refractivity contribution in [3.05, 3.63) is 52.0 Å². The Hall–Kier alpha value is -2.47. The van der Waals surface area contributed by atoms with Gasteiger partial charge in [0, 0.05) is 5.56 Å². The zero-order chi connectivity index (χ0) is 17.1. The van der Waals surface area contributed by atoms with Crippen LogP contribution in [0.3, 0.4) is 0 Å². The first kappa shape index (κ1) is 16.4. The molecule has 0 atom stereocenters. The molecule has 0 spiro atoms. The molecule has 0 saturated heterocycles. The van der Waals surface area contributed by atoms with Gasteiger partial charge in [-0.1, -0.05) is 6.08 Å². The first-order chi connectivity index (χ1) is 11.6. The van der Waals surface area contributed by atoms with Gasteiger partial charge in [0.1, 0.15) is 13.2 Å². The summed E-state index contributed by atoms with van der Waals surface area (Å²) in [5.74, 6) is 1.42. The summed E-state index contributed by atoms with van der Waals surface area (Å²) in [6.45, 7) is 0.986. The molecule has 0 unspecified atom stereocenters. The minimum absolute atomic E-state index is 0.0211. The predicted molar refractivity (Wildman–Crippen MR) is 93.2 cm³/mol. The highest BCUT2D eigenvalue weighted by atomic mass is 79.9. The van der Waals surface area contributed by atoms with Gasteiger partial charge in [-0.15, -0.1) is 0 Å². The molecule has 0 aliphatic carbocycles. The highest BCUT2D eigenvalue weighted by Crippen LogP contribution is 2.35. The molecule has 0 fully saturated rings. The Morgan fingerprint density at radius 2 is 1.96 bits per heavy atom. The van der Waals surface area contributed by atoms with Gasteiger partial charge in [0.15, 0.2) is 28.8 Å². The number of methoxy groups -OCH3 is 1. The van der Waals surface area contributed by atoms with E-state index in [1.165, 1.54) is 13.2 Å². The summed E-state index contributed by atoms with van der Waals surface area (Å²) >= 11 is 3.25. The van der Waals surface area contributed by atoms with E-state index < -0.39 is 0 Å². The number of aromatic hydroxyl groups is 1. The van der Waals surface area contributed by atoms with E-state index in [-0.39, 0.29) is 11.5 Å². The number of ketones is 1. The van der Waals surface area contributed by atoms with Crippen LogP contribution in [0.2, 0.25) is 0 Å². The van der Waals surface area contributed by atoms with Crippen molar-refractivity contribution in [1.29, 1.82) is 0 Å². The van der Waals surface area contributed by atoms with Crippen LogP contribution in [0.25, 0.3) is 6.08 Å². The molecule has 2 aromatic rings. The number of rotatable bonds is 4. The van der Waals surface area contributed by atoms with Gasteiger partial charge >= 0.3 is 0 Å². The first-order valence-electron chi connectivity index (χ1n) is 7.27. The standard InChI is InChI=1S/C18H15BrO5/c1-22-17-9-11(8-13(19)18(17)21)2-4-14(20)12-3-5-15-16(10-12)24-7-6-23-15/h2-5,8-10,21H,6-7H2,1H3/b4-2+. The lowest BCUT2D eigenvalue weighted by Gasteiger charge is -2.18. The van der Waals surface area contributed by atoms with Gasteiger partial charge in [-0.2, -0.15) is 0 Å². The van der Waals surface area contributed by atoms with E-state index in [1.54, 1.807) is 36.4 Å². The number of allylic oxidation sites excluding steroid dienone is 1. The maximum atomic E-state index is 12.3. The van der Waals surface area contributed by atoms with Crippen molar-refractivity contribution >= 4 is 27.8 Å². The number of hydrogen-bond acceptors (Lipinski definition) is 5. The fourth-order valence-electron chi connectivity index (χ4n) is 2.31. The van der Waals surface area contributed by atoms with E-state index in [2.05, 4.69) is 15.9 Å². The molecule has 3 rings (SSSR count). The topological polar surface area (TPSA) is 65.0 Å². The van der Waals surface area contributed by atoms with Crippen LogP contribution in [0, 0.1) is 0 Å². The van der Waals surface area contributed by atoms with E-state index in [0.29, 0.717) is 40.5 Å². The largest absolute Gasteiger partial charge is 0.503 e. The van der Waals surface area contributed by atoms with Gasteiger partial charge in [0.25, 0.3) is 0 Å². The molecular weight excluding hydrogens is 376 g/mol. The molecule has 1 aliphatic heterocycles. The van der Waals surface area contributed by atoms with Crippen LogP contribution in [-0.4, -0.2) is 31.2 Å². The summed E-state index contributed by atoms with van der Waals surface area (Å²) in [6, 6.07) is 8.46. The average Bonchev–Trinajstić information content (AvgIpc) is 2.61. The van der Waals surface area contributed by atoms with Gasteiger partial charge in [-0.25, -0.2) is 0 Å². The Morgan fingerprint density at radius 1 is 1.21 bits per heavy atom. The molecule has 0 amide bonds. The van der Waals surface area contributed by atoms with Gasteiger partial charge in [0.2, 0.25) is 0 Å². The fraction of sp³-hybridized carbons (Fsp3) is 0.167. The molecule has 124 valence electrons. The van der Waals surface area contributed by atoms with Crippen LogP contribution in [-0.2, 0) is 0 Å². The van der Waals surface area contributed by atoms with Crippen molar-refractivity contribution in [3.63, 3.8) is 0 Å². The third-order valence-corrected chi connectivity index (χ3v) is 4.13. The van der Waals surface area contributed by atoms with E-state index in [4.69, 9.17) is 14.2 Å². The second-order valence-electron chi connectivity index (χ2n) is 5.11. The molecule has 6 heteroatoms. The van der Waals surface area contributed by atoms with Crippen LogP contribution in [0.5, 0.6) is 23.0 Å². The van der Waals surface area contributed by atoms with Crippen molar-refractivity contribution in [2.45, 2.75) is 0 Å². The molecule has 0 saturated carbocycles. The third kappa shape index (κ3) is 3.38. The predicted octanol–water partition coefficient (Wildman–Crippen LogP) is 3.83. The summed E-state index contributed by atoms with van der Waals surface area (Å²) in [5.41, 5.74) is 1.24. The highest BCUT2D eigenvalue weighted by Gasteiger charge is 2.14. The summed E-state index contributed by atoms with van der Waals surface area (Å²) < 4.78 is 16.5. The number of fused-ring (bicyclic) bond motifs is 1. The smallest absolute Gasteiger partial charge is 0.185 e. The number of benzene rings is 2. The number of ether oxygens (including phenoxy) is 3. The van der Waals surface area contributed by atoms with Gasteiger partial charge in [-0.3, -0.25) is 4.79 Å². The van der Waals surface area contributed by atoms with Crippen LogP contribution in [0.15, 0.2) is 40.9 Å². The summed E-state index contributed by atoms with van der Waals surface area (Å²) in [5, 5.41) is 9.80. The van der Waals surface area contributed by atoms with Crippen molar-refractivity contribution in [2.75, 3.05) is 20.3 Å². The SMILES string of the molecule is COc1cc(/C=C/C(=O)c2ccc3c(c2)OCCO3)cc(Br)c1O. The minimum atomic E-state index is -0.157. The summed E-state index contributed by atoms with van der Waals surface area (Å²) in [7, 11) is 1.47. The van der Waals surface area contributed by atoms with E-state index in [9.17, 15) is 9.90 Å². The lowest BCUT2D eigenvalue weighted by Crippen LogP contribution is -2.15. The number of phenols is 1. The maximum absolute atomic E-state index is 12.3. The monoisotopic (exact) mass is 390 g/mol. The van der Waals surface area contributed by atoms with Gasteiger partial charge in [0.05, 0.1) is 11.6 Å².